The number of aromatic nitrogens is 3. The van der Waals surface area contributed by atoms with E-state index in [1.165, 1.54) is 0 Å². The van der Waals surface area contributed by atoms with E-state index in [9.17, 15) is 4.79 Å². The highest BCUT2D eigenvalue weighted by atomic mass is 16.5. The van der Waals surface area contributed by atoms with Crippen molar-refractivity contribution in [3.8, 4) is 17.0 Å². The molecule has 0 unspecified atom stereocenters. The highest BCUT2D eigenvalue weighted by Crippen LogP contribution is 2.27. The fourth-order valence-corrected chi connectivity index (χ4v) is 1.94. The lowest BCUT2D eigenvalue weighted by Crippen LogP contribution is -2.12. The van der Waals surface area contributed by atoms with Crippen molar-refractivity contribution in [3.63, 3.8) is 0 Å². The Morgan fingerprint density at radius 1 is 1.33 bits per heavy atom. The summed E-state index contributed by atoms with van der Waals surface area (Å²) >= 11 is 0. The minimum atomic E-state index is -0.629. The van der Waals surface area contributed by atoms with Gasteiger partial charge in [-0.15, -0.1) is 6.58 Å². The van der Waals surface area contributed by atoms with Gasteiger partial charge in [0.1, 0.15) is 18.1 Å². The zero-order chi connectivity index (χ0) is 15.2. The maximum absolute atomic E-state index is 11.3. The Labute approximate surface area is 122 Å². The summed E-state index contributed by atoms with van der Waals surface area (Å²) in [5.74, 6) is 0.110. The predicted molar refractivity (Wildman–Crippen MR) is 79.9 cm³/mol. The Bertz CT molecular complexity index is 676. The van der Waals surface area contributed by atoms with Crippen LogP contribution in [0, 0.1) is 0 Å². The summed E-state index contributed by atoms with van der Waals surface area (Å²) in [5, 5.41) is 10.2. The van der Waals surface area contributed by atoms with Gasteiger partial charge in [-0.1, -0.05) is 18.7 Å². The van der Waals surface area contributed by atoms with E-state index in [4.69, 9.17) is 10.5 Å². The van der Waals surface area contributed by atoms with Crippen LogP contribution in [0.3, 0.4) is 0 Å². The van der Waals surface area contributed by atoms with E-state index in [-0.39, 0.29) is 5.69 Å². The number of H-pyrrole nitrogens is 1. The molecule has 0 saturated heterocycles. The maximum Gasteiger partial charge on any atom is 0.271 e. The molecule has 6 nitrogen and oxygen atoms in total. The van der Waals surface area contributed by atoms with Crippen molar-refractivity contribution in [2.75, 3.05) is 6.61 Å². The Balaban J connectivity index is 2.43. The van der Waals surface area contributed by atoms with Crippen LogP contribution in [0.15, 0.2) is 43.5 Å². The van der Waals surface area contributed by atoms with Crippen molar-refractivity contribution < 1.29 is 9.53 Å². The molecule has 21 heavy (non-hydrogen) atoms. The Hall–Kier alpha value is -2.89. The third-order valence-electron chi connectivity index (χ3n) is 2.84. The molecule has 0 radical (unpaired) electrons. The van der Waals surface area contributed by atoms with Crippen LogP contribution >= 0.6 is 0 Å². The average molecular weight is 284 g/mol. The first kappa shape index (κ1) is 14.5. The second-order valence-electron chi connectivity index (χ2n) is 4.30. The van der Waals surface area contributed by atoms with Crippen LogP contribution in [0.25, 0.3) is 11.3 Å². The first-order valence-corrected chi connectivity index (χ1v) is 6.35. The molecule has 0 aliphatic rings. The molecule has 0 aliphatic heterocycles. The number of carbonyl (C=O) groups excluding carboxylic acids is 1. The molecule has 2 rings (SSSR count). The fraction of sp³-hybridized carbons (Fsp3) is 0.133. The van der Waals surface area contributed by atoms with Gasteiger partial charge in [-0.2, -0.15) is 15.4 Å². The van der Waals surface area contributed by atoms with Crippen molar-refractivity contribution in [1.29, 1.82) is 0 Å². The van der Waals surface area contributed by atoms with Gasteiger partial charge >= 0.3 is 0 Å². The fourth-order valence-electron chi connectivity index (χ4n) is 1.94. The monoisotopic (exact) mass is 284 g/mol. The van der Waals surface area contributed by atoms with Gasteiger partial charge in [-0.25, -0.2) is 0 Å². The van der Waals surface area contributed by atoms with Crippen molar-refractivity contribution >= 4 is 5.91 Å². The highest BCUT2D eigenvalue weighted by Gasteiger charge is 2.16. The quantitative estimate of drug-likeness (QED) is 0.759. The summed E-state index contributed by atoms with van der Waals surface area (Å²) in [7, 11) is 0. The molecule has 1 heterocycles. The molecule has 0 bridgehead atoms. The van der Waals surface area contributed by atoms with Crippen LogP contribution in [0.4, 0.5) is 0 Å². The van der Waals surface area contributed by atoms with Crippen LogP contribution in [-0.4, -0.2) is 27.9 Å². The molecule has 0 saturated carbocycles. The normalized spacial score (nSPS) is 10.1. The van der Waals surface area contributed by atoms with E-state index in [2.05, 4.69) is 28.6 Å². The molecule has 0 atom stereocenters. The smallest absolute Gasteiger partial charge is 0.271 e. The number of benzene rings is 1. The minimum Gasteiger partial charge on any atom is -0.489 e. The molecule has 0 spiro atoms. The molecule has 1 aromatic heterocycles. The second kappa shape index (κ2) is 6.51. The molecule has 0 aliphatic carbocycles. The molecule has 0 fully saturated rings. The maximum atomic E-state index is 11.3. The summed E-state index contributed by atoms with van der Waals surface area (Å²) in [5.41, 5.74) is 7.47. The van der Waals surface area contributed by atoms with Crippen LogP contribution in [0.1, 0.15) is 16.1 Å². The van der Waals surface area contributed by atoms with Gasteiger partial charge in [0, 0.05) is 5.56 Å². The van der Waals surface area contributed by atoms with Crippen LogP contribution < -0.4 is 10.5 Å². The van der Waals surface area contributed by atoms with Gasteiger partial charge in [0.2, 0.25) is 0 Å². The molecule has 1 amide bonds. The van der Waals surface area contributed by atoms with E-state index in [1.54, 1.807) is 18.2 Å². The lowest BCUT2D eigenvalue weighted by Gasteiger charge is -2.10. The number of amides is 1. The number of allylic oxidation sites excluding steroid dienone is 1. The van der Waals surface area contributed by atoms with Crippen molar-refractivity contribution in [3.05, 3.63) is 54.8 Å². The molecular weight excluding hydrogens is 268 g/mol. The number of primary amides is 1. The van der Waals surface area contributed by atoms with E-state index >= 15 is 0 Å². The highest BCUT2D eigenvalue weighted by molar-refractivity contribution is 5.96. The lowest BCUT2D eigenvalue weighted by molar-refractivity contribution is 0.0996. The molecule has 2 aromatic rings. The van der Waals surface area contributed by atoms with E-state index in [0.29, 0.717) is 18.7 Å². The largest absolute Gasteiger partial charge is 0.489 e. The number of nitrogens with zero attached hydrogens (tertiary/aromatic N) is 2. The van der Waals surface area contributed by atoms with Gasteiger partial charge in [-0.3, -0.25) is 4.79 Å². The second-order valence-corrected chi connectivity index (χ2v) is 4.30. The van der Waals surface area contributed by atoms with E-state index in [0.717, 1.165) is 16.9 Å². The number of carbonyl (C=O) groups is 1. The van der Waals surface area contributed by atoms with Gasteiger partial charge < -0.3 is 10.5 Å². The van der Waals surface area contributed by atoms with Crippen LogP contribution in [0.5, 0.6) is 5.75 Å². The summed E-state index contributed by atoms with van der Waals surface area (Å²) in [6.07, 6.45) is 4.08. The number of nitrogens with one attached hydrogen (secondary N) is 1. The SMILES string of the molecule is C=CCOc1ccc(-c2n[nH]nc2C(N)=O)cc1CC=C. The first-order chi connectivity index (χ1) is 10.2. The number of ether oxygens (including phenoxy) is 1. The van der Waals surface area contributed by atoms with Crippen LogP contribution in [0.2, 0.25) is 0 Å². The molecule has 108 valence electrons. The van der Waals surface area contributed by atoms with Crippen molar-refractivity contribution in [1.82, 2.24) is 15.4 Å². The molecular formula is C15H16N4O2. The Kier molecular flexibility index (Phi) is 4.50. The predicted octanol–water partition coefficient (Wildman–Crippen LogP) is 1.86. The molecule has 6 heteroatoms. The third-order valence-corrected chi connectivity index (χ3v) is 2.84. The number of nitrogens with two attached hydrogens (primary N) is 1. The average Bonchev–Trinajstić information content (AvgIpc) is 2.96. The topological polar surface area (TPSA) is 93.9 Å². The van der Waals surface area contributed by atoms with E-state index in [1.807, 2.05) is 12.1 Å². The van der Waals surface area contributed by atoms with Gasteiger partial charge in [0.15, 0.2) is 5.69 Å². The van der Waals surface area contributed by atoms with Gasteiger partial charge in [0.05, 0.1) is 0 Å². The zero-order valence-corrected chi connectivity index (χ0v) is 11.5. The Morgan fingerprint density at radius 2 is 2.14 bits per heavy atom. The Morgan fingerprint density at radius 3 is 2.81 bits per heavy atom. The summed E-state index contributed by atoms with van der Waals surface area (Å²) in [6.45, 7) is 7.77. The van der Waals surface area contributed by atoms with Crippen molar-refractivity contribution in [2.24, 2.45) is 5.73 Å². The summed E-state index contributed by atoms with van der Waals surface area (Å²) < 4.78 is 5.59. The summed E-state index contributed by atoms with van der Waals surface area (Å²) in [6, 6.07) is 5.50. The number of aromatic amines is 1. The molecule has 3 N–H and O–H groups in total. The zero-order valence-electron chi connectivity index (χ0n) is 11.5. The van der Waals surface area contributed by atoms with Gasteiger partial charge in [0.25, 0.3) is 5.91 Å². The lowest BCUT2D eigenvalue weighted by atomic mass is 10.0. The number of rotatable bonds is 7. The minimum absolute atomic E-state index is 0.110. The first-order valence-electron chi connectivity index (χ1n) is 6.35. The standard InChI is InChI=1S/C15H16N4O2/c1-3-5-10-9-11(6-7-12(10)21-8-4-2)13-14(15(16)20)18-19-17-13/h3-4,6-7,9H,1-2,5,8H2,(H2,16,20)(H,17,18,19). The number of hydrogen-bond acceptors (Lipinski definition) is 4. The third kappa shape index (κ3) is 3.17. The van der Waals surface area contributed by atoms with E-state index < -0.39 is 5.91 Å². The van der Waals surface area contributed by atoms with Crippen molar-refractivity contribution in [2.45, 2.75) is 6.42 Å². The molecule has 1 aromatic carbocycles. The summed E-state index contributed by atoms with van der Waals surface area (Å²) in [4.78, 5) is 11.3. The van der Waals surface area contributed by atoms with Crippen LogP contribution in [-0.2, 0) is 6.42 Å². The number of hydrogen-bond donors (Lipinski definition) is 2. The van der Waals surface area contributed by atoms with Gasteiger partial charge in [-0.05, 0) is 30.2 Å².